The van der Waals surface area contributed by atoms with Crippen molar-refractivity contribution in [3.05, 3.63) is 77.9 Å². The number of amides is 2. The lowest BCUT2D eigenvalue weighted by atomic mass is 9.89. The standard InChI is InChI=1S/C25H28N2O5/c1-3-20(16-22(28)31-2)27-21(15-14-18-10-6-4-7-11-18)23(24(27)29)26-25(30)32-17-19-12-8-5-9-13-19/h4-15,20-21,23H,3,16-17H2,1-2H3,(H,26,30)/t20-,21-,23+/m1/s1. The number of carbonyl (C=O) groups is 3. The second kappa shape index (κ2) is 11.1. The molecule has 0 saturated carbocycles. The van der Waals surface area contributed by atoms with E-state index in [1.165, 1.54) is 7.11 Å². The Hall–Kier alpha value is -3.61. The number of hydrogen-bond acceptors (Lipinski definition) is 5. The molecule has 1 aliphatic heterocycles. The molecule has 1 fully saturated rings. The van der Waals surface area contributed by atoms with Gasteiger partial charge in [0.1, 0.15) is 12.6 Å². The van der Waals surface area contributed by atoms with Gasteiger partial charge in [-0.1, -0.05) is 79.7 Å². The molecule has 0 aliphatic carbocycles. The predicted molar refractivity (Wildman–Crippen MR) is 120 cm³/mol. The number of alkyl carbamates (subject to hydrolysis) is 1. The topological polar surface area (TPSA) is 84.9 Å². The molecular formula is C25H28N2O5. The van der Waals surface area contributed by atoms with Crippen LogP contribution in [0.25, 0.3) is 6.08 Å². The highest BCUT2D eigenvalue weighted by atomic mass is 16.5. The third-order valence-electron chi connectivity index (χ3n) is 5.45. The summed E-state index contributed by atoms with van der Waals surface area (Å²) in [7, 11) is 1.33. The van der Waals surface area contributed by atoms with Crippen LogP contribution in [-0.4, -0.2) is 48.1 Å². The van der Waals surface area contributed by atoms with Crippen LogP contribution in [0.1, 0.15) is 30.9 Å². The Balaban J connectivity index is 1.71. The van der Waals surface area contributed by atoms with Gasteiger partial charge in [-0.3, -0.25) is 9.59 Å². The Morgan fingerprint density at radius 1 is 1.09 bits per heavy atom. The zero-order chi connectivity index (χ0) is 22.9. The Labute approximate surface area is 188 Å². The van der Waals surface area contributed by atoms with Crippen molar-refractivity contribution in [1.29, 1.82) is 0 Å². The van der Waals surface area contributed by atoms with Gasteiger partial charge in [0.2, 0.25) is 5.91 Å². The second-order valence-corrected chi connectivity index (χ2v) is 7.53. The van der Waals surface area contributed by atoms with E-state index >= 15 is 0 Å². The monoisotopic (exact) mass is 436 g/mol. The van der Waals surface area contributed by atoms with Gasteiger partial charge in [0.25, 0.3) is 0 Å². The molecule has 1 N–H and O–H groups in total. The average Bonchev–Trinajstić information content (AvgIpc) is 2.83. The molecule has 2 aromatic carbocycles. The van der Waals surface area contributed by atoms with Crippen molar-refractivity contribution in [1.82, 2.24) is 10.2 Å². The van der Waals surface area contributed by atoms with Gasteiger partial charge in [0.15, 0.2) is 0 Å². The van der Waals surface area contributed by atoms with E-state index < -0.39 is 18.2 Å². The van der Waals surface area contributed by atoms with Crippen molar-refractivity contribution in [3.63, 3.8) is 0 Å². The fraction of sp³-hybridized carbons (Fsp3) is 0.320. The van der Waals surface area contributed by atoms with Crippen molar-refractivity contribution in [3.8, 4) is 0 Å². The fourth-order valence-electron chi connectivity index (χ4n) is 3.69. The summed E-state index contributed by atoms with van der Waals surface area (Å²) in [5.74, 6) is -0.630. The number of benzene rings is 2. The molecule has 0 bridgehead atoms. The number of nitrogens with one attached hydrogen (secondary N) is 1. The molecule has 168 valence electrons. The van der Waals surface area contributed by atoms with Gasteiger partial charge in [-0.15, -0.1) is 0 Å². The summed E-state index contributed by atoms with van der Waals surface area (Å²) in [6, 6.07) is 17.5. The molecule has 0 radical (unpaired) electrons. The average molecular weight is 437 g/mol. The molecule has 32 heavy (non-hydrogen) atoms. The van der Waals surface area contributed by atoms with Crippen LogP contribution in [-0.2, 0) is 25.7 Å². The van der Waals surface area contributed by atoms with Crippen molar-refractivity contribution in [2.45, 2.75) is 44.5 Å². The minimum absolute atomic E-state index is 0.0968. The Bertz CT molecular complexity index is 945. The van der Waals surface area contributed by atoms with E-state index in [0.29, 0.717) is 6.42 Å². The summed E-state index contributed by atoms with van der Waals surface area (Å²) in [5, 5.41) is 2.68. The van der Waals surface area contributed by atoms with Crippen molar-refractivity contribution in [2.75, 3.05) is 7.11 Å². The molecule has 1 aliphatic rings. The van der Waals surface area contributed by atoms with Gasteiger partial charge < -0.3 is 19.7 Å². The van der Waals surface area contributed by atoms with Gasteiger partial charge in [-0.25, -0.2) is 4.79 Å². The molecule has 7 nitrogen and oxygen atoms in total. The molecule has 2 amide bonds. The summed E-state index contributed by atoms with van der Waals surface area (Å²) in [4.78, 5) is 38.8. The van der Waals surface area contributed by atoms with Crippen LogP contribution in [0, 0.1) is 0 Å². The van der Waals surface area contributed by atoms with Crippen LogP contribution in [0.15, 0.2) is 66.7 Å². The zero-order valence-corrected chi connectivity index (χ0v) is 18.3. The maximum absolute atomic E-state index is 12.9. The SMILES string of the molecule is CC[C@H](CC(=O)OC)N1C(=O)[C@@H](NC(=O)OCc2ccccc2)[C@H]1C=Cc1ccccc1. The van der Waals surface area contributed by atoms with Crippen LogP contribution in [0.4, 0.5) is 4.79 Å². The molecule has 3 atom stereocenters. The number of carbonyl (C=O) groups excluding carboxylic acids is 3. The Kier molecular flexibility index (Phi) is 8.02. The fourth-order valence-corrected chi connectivity index (χ4v) is 3.69. The predicted octanol–water partition coefficient (Wildman–Crippen LogP) is 3.55. The minimum atomic E-state index is -0.759. The maximum atomic E-state index is 12.9. The summed E-state index contributed by atoms with van der Waals surface area (Å²) in [5.41, 5.74) is 1.83. The highest BCUT2D eigenvalue weighted by Gasteiger charge is 2.50. The molecular weight excluding hydrogens is 408 g/mol. The summed E-state index contributed by atoms with van der Waals surface area (Å²) in [6.45, 7) is 2.02. The van der Waals surface area contributed by atoms with E-state index in [2.05, 4.69) is 5.32 Å². The molecule has 1 heterocycles. The van der Waals surface area contributed by atoms with Crippen LogP contribution in [0.5, 0.6) is 0 Å². The largest absolute Gasteiger partial charge is 0.469 e. The van der Waals surface area contributed by atoms with Gasteiger partial charge in [0, 0.05) is 6.04 Å². The maximum Gasteiger partial charge on any atom is 0.408 e. The smallest absolute Gasteiger partial charge is 0.408 e. The highest BCUT2D eigenvalue weighted by molar-refractivity contribution is 5.94. The molecule has 0 unspecified atom stereocenters. The molecule has 1 saturated heterocycles. The summed E-state index contributed by atoms with van der Waals surface area (Å²) >= 11 is 0. The second-order valence-electron chi connectivity index (χ2n) is 7.53. The lowest BCUT2D eigenvalue weighted by molar-refractivity contribution is -0.155. The van der Waals surface area contributed by atoms with E-state index in [-0.39, 0.29) is 30.9 Å². The van der Waals surface area contributed by atoms with E-state index in [1.54, 1.807) is 4.90 Å². The number of methoxy groups -OCH3 is 1. The van der Waals surface area contributed by atoms with Crippen molar-refractivity contribution >= 4 is 24.0 Å². The van der Waals surface area contributed by atoms with Crippen LogP contribution in [0.2, 0.25) is 0 Å². The molecule has 2 aromatic rings. The van der Waals surface area contributed by atoms with Gasteiger partial charge >= 0.3 is 12.1 Å². The Morgan fingerprint density at radius 2 is 1.75 bits per heavy atom. The number of hydrogen-bond donors (Lipinski definition) is 1. The first-order valence-corrected chi connectivity index (χ1v) is 10.6. The third-order valence-corrected chi connectivity index (χ3v) is 5.45. The number of β-lactam (4-membered cyclic amide) rings is 1. The van der Waals surface area contributed by atoms with E-state index in [9.17, 15) is 14.4 Å². The van der Waals surface area contributed by atoms with Gasteiger partial charge in [-0.05, 0) is 17.5 Å². The number of nitrogens with zero attached hydrogens (tertiary/aromatic N) is 1. The summed E-state index contributed by atoms with van der Waals surface area (Å²) < 4.78 is 10.1. The first kappa shape index (κ1) is 23.1. The summed E-state index contributed by atoms with van der Waals surface area (Å²) in [6.07, 6.45) is 3.80. The van der Waals surface area contributed by atoms with Crippen LogP contribution in [0.3, 0.4) is 0 Å². The zero-order valence-electron chi connectivity index (χ0n) is 18.3. The number of ether oxygens (including phenoxy) is 2. The minimum Gasteiger partial charge on any atom is -0.469 e. The van der Waals surface area contributed by atoms with Crippen LogP contribution < -0.4 is 5.32 Å². The molecule has 0 spiro atoms. The molecule has 7 heteroatoms. The first-order valence-electron chi connectivity index (χ1n) is 10.6. The van der Waals surface area contributed by atoms with Gasteiger partial charge in [0.05, 0.1) is 19.6 Å². The normalized spacial score (nSPS) is 18.7. The Morgan fingerprint density at radius 3 is 2.38 bits per heavy atom. The number of rotatable bonds is 9. The van der Waals surface area contributed by atoms with E-state index in [4.69, 9.17) is 9.47 Å². The lowest BCUT2D eigenvalue weighted by Gasteiger charge is -2.49. The van der Waals surface area contributed by atoms with Gasteiger partial charge in [-0.2, -0.15) is 0 Å². The highest BCUT2D eigenvalue weighted by Crippen LogP contribution is 2.28. The quantitative estimate of drug-likeness (QED) is 0.480. The lowest BCUT2D eigenvalue weighted by Crippen LogP contribution is -2.72. The molecule has 3 rings (SSSR count). The van der Waals surface area contributed by atoms with Crippen molar-refractivity contribution in [2.24, 2.45) is 0 Å². The van der Waals surface area contributed by atoms with E-state index in [0.717, 1.165) is 11.1 Å². The van der Waals surface area contributed by atoms with Crippen molar-refractivity contribution < 1.29 is 23.9 Å². The van der Waals surface area contributed by atoms with E-state index in [1.807, 2.05) is 79.7 Å². The molecule has 0 aromatic heterocycles. The van der Waals surface area contributed by atoms with Crippen LogP contribution >= 0.6 is 0 Å². The first-order chi connectivity index (χ1) is 15.5. The third kappa shape index (κ3) is 5.75. The number of likely N-dealkylation sites (tertiary alicyclic amines) is 1. The number of esters is 1.